The van der Waals surface area contributed by atoms with E-state index in [9.17, 15) is 26.5 Å². The van der Waals surface area contributed by atoms with Crippen molar-refractivity contribution < 1.29 is 35.2 Å². The van der Waals surface area contributed by atoms with Gasteiger partial charge in [0, 0.05) is 11.4 Å². The molecule has 0 aliphatic rings. The van der Waals surface area contributed by atoms with Gasteiger partial charge in [-0.2, -0.15) is 42.0 Å². The van der Waals surface area contributed by atoms with Crippen molar-refractivity contribution in [1.82, 2.24) is 15.0 Å². The molecule has 0 atom stereocenters. The van der Waals surface area contributed by atoms with Crippen LogP contribution in [0.25, 0.3) is 10.8 Å². The van der Waals surface area contributed by atoms with Gasteiger partial charge in [0.1, 0.15) is 22.1 Å². The minimum absolute atomic E-state index is 0.000741. The Kier molecular flexibility index (Phi) is 11.3. The summed E-state index contributed by atoms with van der Waals surface area (Å²) in [6.45, 7) is 1.54. The monoisotopic (exact) mass is 784 g/mol. The highest BCUT2D eigenvalue weighted by Gasteiger charge is 2.24. The molecule has 55 heavy (non-hydrogen) atoms. The summed E-state index contributed by atoms with van der Waals surface area (Å²) in [6, 6.07) is 26.8. The first-order valence-corrected chi connectivity index (χ1v) is 19.0. The van der Waals surface area contributed by atoms with Crippen molar-refractivity contribution >= 4 is 83.0 Å². The van der Waals surface area contributed by atoms with Crippen LogP contribution < -0.4 is 16.4 Å². The molecule has 0 bridgehead atoms. The van der Waals surface area contributed by atoms with Gasteiger partial charge in [-0.25, -0.2) is 4.18 Å². The van der Waals surface area contributed by atoms with Crippen LogP contribution in [0.5, 0.6) is 5.75 Å². The number of anilines is 5. The Bertz CT molecular complexity index is 2650. The first-order valence-electron chi connectivity index (χ1n) is 16.2. The fourth-order valence-electron chi connectivity index (χ4n) is 5.24. The first-order chi connectivity index (χ1) is 26.2. The van der Waals surface area contributed by atoms with Gasteiger partial charge in [0.2, 0.25) is 11.9 Å². The highest BCUT2D eigenvalue weighted by Crippen LogP contribution is 2.46. The molecule has 0 radical (unpaired) electrons. The highest BCUT2D eigenvalue weighted by molar-refractivity contribution is 7.86. The van der Waals surface area contributed by atoms with E-state index >= 15 is 0 Å². The van der Waals surface area contributed by atoms with Crippen molar-refractivity contribution in [2.75, 3.05) is 23.0 Å². The number of nitrogens with zero attached hydrogens (tertiary/aromatic N) is 7. The number of hydrogen-bond acceptors (Lipinski definition) is 16. The molecule has 0 amide bonds. The number of benzene rings is 5. The zero-order valence-corrected chi connectivity index (χ0v) is 30.4. The number of azo groups is 2. The lowest BCUT2D eigenvalue weighted by atomic mass is 10.1. The van der Waals surface area contributed by atoms with Gasteiger partial charge in [0.05, 0.1) is 29.1 Å². The molecule has 5 aromatic carbocycles. The Labute approximate surface area is 314 Å². The SMILES string of the molecule is Cc1nc(Nc2ccccc2)nc(Nc2cccc(N=Nc3c(S(=O)(=O)O)cc4ccc(N=Nc5ccc(CCCOS(=O)(=O)O)cc5)c(N)c4c3O)c2)n1. The van der Waals surface area contributed by atoms with Gasteiger partial charge < -0.3 is 21.5 Å². The van der Waals surface area contributed by atoms with E-state index in [2.05, 4.69) is 50.2 Å². The third kappa shape index (κ3) is 10.2. The van der Waals surface area contributed by atoms with Crippen LogP contribution >= 0.6 is 0 Å². The Morgan fingerprint density at radius 3 is 2.11 bits per heavy atom. The maximum absolute atomic E-state index is 12.4. The van der Waals surface area contributed by atoms with E-state index < -0.39 is 36.8 Å². The van der Waals surface area contributed by atoms with Gasteiger partial charge in [-0.3, -0.25) is 9.11 Å². The molecule has 0 unspecified atom stereocenters. The number of fused-ring (bicyclic) bond motifs is 1. The van der Waals surface area contributed by atoms with Gasteiger partial charge >= 0.3 is 10.4 Å². The number of hydrogen-bond donors (Lipinski definition) is 6. The normalized spacial score (nSPS) is 12.1. The van der Waals surface area contributed by atoms with E-state index in [0.717, 1.165) is 17.3 Å². The quantitative estimate of drug-likeness (QED) is 0.0265. The smallest absolute Gasteiger partial charge is 0.397 e. The zero-order valence-electron chi connectivity index (χ0n) is 28.8. The van der Waals surface area contributed by atoms with Crippen LogP contribution in [0.15, 0.2) is 122 Å². The summed E-state index contributed by atoms with van der Waals surface area (Å²) in [5.41, 5.74) is 8.78. The van der Waals surface area contributed by atoms with Crippen LogP contribution in [-0.2, 0) is 31.1 Å². The molecule has 282 valence electrons. The second-order valence-electron chi connectivity index (χ2n) is 11.8. The Balaban J connectivity index is 1.24. The van der Waals surface area contributed by atoms with Gasteiger partial charge in [-0.1, -0.05) is 42.5 Å². The number of nitrogens with two attached hydrogens (primary N) is 1. The van der Waals surface area contributed by atoms with Crippen molar-refractivity contribution in [3.63, 3.8) is 0 Å². The van der Waals surface area contributed by atoms with Crippen molar-refractivity contribution in [2.24, 2.45) is 20.5 Å². The van der Waals surface area contributed by atoms with Gasteiger partial charge in [0.15, 0.2) is 5.75 Å². The second kappa shape index (κ2) is 16.3. The predicted molar refractivity (Wildman–Crippen MR) is 204 cm³/mol. The summed E-state index contributed by atoms with van der Waals surface area (Å²) in [5.74, 6) is 0.347. The molecule has 0 saturated carbocycles. The molecule has 0 aliphatic carbocycles. The fraction of sp³-hybridized carbons (Fsp3) is 0.114. The molecule has 1 aromatic heterocycles. The van der Waals surface area contributed by atoms with Gasteiger partial charge in [0.25, 0.3) is 10.1 Å². The minimum atomic E-state index is -4.90. The molecule has 7 N–H and O–H groups in total. The second-order valence-corrected chi connectivity index (χ2v) is 14.2. The summed E-state index contributed by atoms with van der Waals surface area (Å²) in [4.78, 5) is 12.4. The number of phenols is 1. The summed E-state index contributed by atoms with van der Waals surface area (Å²) >= 11 is 0. The molecule has 0 fully saturated rings. The molecule has 6 aromatic rings. The number of aromatic nitrogens is 3. The van der Waals surface area contributed by atoms with E-state index in [0.29, 0.717) is 36.0 Å². The van der Waals surface area contributed by atoms with Crippen LogP contribution in [0.1, 0.15) is 17.8 Å². The minimum Gasteiger partial charge on any atom is -0.505 e. The van der Waals surface area contributed by atoms with Crippen LogP contribution in [0.2, 0.25) is 0 Å². The topological polar surface area (TPSA) is 276 Å². The Hall–Kier alpha value is -6.45. The number of nitrogens with one attached hydrogen (secondary N) is 2. The van der Waals surface area contributed by atoms with Gasteiger partial charge in [-0.15, -0.1) is 10.2 Å². The summed E-state index contributed by atoms with van der Waals surface area (Å²) in [5, 5.41) is 34.3. The van der Waals surface area contributed by atoms with E-state index in [-0.39, 0.29) is 40.4 Å². The number of para-hydroxylation sites is 1. The third-order valence-corrected chi connectivity index (χ3v) is 9.04. The van der Waals surface area contributed by atoms with Crippen molar-refractivity contribution in [1.29, 1.82) is 0 Å². The number of aromatic hydroxyl groups is 1. The average Bonchev–Trinajstić information content (AvgIpc) is 3.12. The molecule has 18 nitrogen and oxygen atoms in total. The molecule has 0 saturated heterocycles. The summed E-state index contributed by atoms with van der Waals surface area (Å²) in [6.07, 6.45) is 0.824. The van der Waals surface area contributed by atoms with E-state index in [1.54, 1.807) is 55.5 Å². The number of phenolic OH excluding ortho intramolecular Hbond substituents is 1. The summed E-state index contributed by atoms with van der Waals surface area (Å²) < 4.78 is 69.3. The van der Waals surface area contributed by atoms with Gasteiger partial charge in [-0.05, 0) is 85.3 Å². The van der Waals surface area contributed by atoms with Crippen LogP contribution in [-0.4, -0.2) is 52.6 Å². The maximum Gasteiger partial charge on any atom is 0.397 e. The maximum atomic E-state index is 12.4. The molecule has 20 heteroatoms. The lowest BCUT2D eigenvalue weighted by molar-refractivity contribution is 0.265. The largest absolute Gasteiger partial charge is 0.505 e. The fourth-order valence-corrected chi connectivity index (χ4v) is 6.23. The molecule has 1 heterocycles. The average molecular weight is 785 g/mol. The Morgan fingerprint density at radius 2 is 1.42 bits per heavy atom. The Morgan fingerprint density at radius 1 is 0.745 bits per heavy atom. The molecule has 0 aliphatic heterocycles. The number of aryl methyl sites for hydroxylation is 2. The van der Waals surface area contributed by atoms with Crippen LogP contribution in [0.4, 0.5) is 51.7 Å². The van der Waals surface area contributed by atoms with Crippen LogP contribution in [0.3, 0.4) is 0 Å². The summed E-state index contributed by atoms with van der Waals surface area (Å²) in [7, 11) is -9.39. The molecule has 0 spiro atoms. The predicted octanol–water partition coefficient (Wildman–Crippen LogP) is 7.94. The van der Waals surface area contributed by atoms with Crippen molar-refractivity contribution in [2.45, 2.75) is 24.7 Å². The lowest BCUT2D eigenvalue weighted by Gasteiger charge is -2.12. The number of rotatable bonds is 14. The first kappa shape index (κ1) is 38.3. The van der Waals surface area contributed by atoms with E-state index in [1.165, 1.54) is 12.1 Å². The third-order valence-electron chi connectivity index (χ3n) is 7.71. The number of nitrogen functional groups attached to an aromatic ring is 1. The van der Waals surface area contributed by atoms with E-state index in [4.69, 9.17) is 10.3 Å². The molecular formula is C35H32N10O8S2. The van der Waals surface area contributed by atoms with Crippen molar-refractivity contribution in [3.05, 3.63) is 108 Å². The van der Waals surface area contributed by atoms with Crippen molar-refractivity contribution in [3.8, 4) is 5.75 Å². The molecular weight excluding hydrogens is 753 g/mol. The highest BCUT2D eigenvalue weighted by atomic mass is 32.3. The molecule has 6 rings (SSSR count). The standard InChI is InChI=1S/C35H32N10O8S2/c1-21-37-34(39-24-8-3-2-4-9-24)41-35(38-21)40-26-10-5-11-27(20-26)43-45-32-29(54(47,48)49)19-23-14-17-28(31(36)30(23)33(32)46)44-42-25-15-12-22(13-16-25)7-6-18-53-55(50,51)52/h2-5,8-17,19-20,46H,6-7,18,36H2,1H3,(H,47,48,49)(H,50,51,52)(H2,37,38,39,40,41). The van der Waals surface area contributed by atoms with Crippen LogP contribution in [0, 0.1) is 6.92 Å². The van der Waals surface area contributed by atoms with E-state index in [1.807, 2.05) is 30.3 Å². The zero-order chi connectivity index (χ0) is 39.2. The lowest BCUT2D eigenvalue weighted by Crippen LogP contribution is -2.05.